The Morgan fingerprint density at radius 2 is 2.12 bits per heavy atom. The van der Waals surface area contributed by atoms with Crippen LogP contribution in [-0.2, 0) is 13.0 Å². The highest BCUT2D eigenvalue weighted by Gasteiger charge is 2.10. The van der Waals surface area contributed by atoms with E-state index in [9.17, 15) is 8.78 Å². The van der Waals surface area contributed by atoms with E-state index in [-0.39, 0.29) is 12.3 Å². The van der Waals surface area contributed by atoms with Gasteiger partial charge in [-0.25, -0.2) is 4.99 Å². The molecule has 0 spiro atoms. The second-order valence-electron chi connectivity index (χ2n) is 5.32. The van der Waals surface area contributed by atoms with E-state index >= 15 is 0 Å². The van der Waals surface area contributed by atoms with E-state index in [2.05, 4.69) is 41.3 Å². The molecule has 0 bridgehead atoms. The zero-order chi connectivity index (χ0) is 18.8. The Morgan fingerprint density at radius 3 is 2.81 bits per heavy atom. The molecule has 2 aromatic rings. The van der Waals surface area contributed by atoms with Crippen molar-refractivity contribution < 1.29 is 13.5 Å². The van der Waals surface area contributed by atoms with Crippen LogP contribution in [0.4, 0.5) is 8.78 Å². The summed E-state index contributed by atoms with van der Waals surface area (Å²) in [4.78, 5) is 8.72. The lowest BCUT2D eigenvalue weighted by atomic mass is 10.2. The van der Waals surface area contributed by atoms with Gasteiger partial charge in [-0.2, -0.15) is 8.78 Å². The van der Waals surface area contributed by atoms with E-state index in [0.717, 1.165) is 16.6 Å². The molecule has 0 saturated carbocycles. The van der Waals surface area contributed by atoms with Gasteiger partial charge in [-0.1, -0.05) is 22.0 Å². The molecule has 5 nitrogen and oxygen atoms in total. The van der Waals surface area contributed by atoms with E-state index in [0.29, 0.717) is 24.6 Å². The van der Waals surface area contributed by atoms with Gasteiger partial charge in [0.1, 0.15) is 5.75 Å². The van der Waals surface area contributed by atoms with Crippen LogP contribution in [-0.4, -0.2) is 30.6 Å². The fourth-order valence-electron chi connectivity index (χ4n) is 2.24. The van der Waals surface area contributed by atoms with Gasteiger partial charge in [-0.05, 0) is 37.3 Å². The van der Waals surface area contributed by atoms with Crippen LogP contribution in [0.1, 0.15) is 18.2 Å². The number of ether oxygens (including phenoxy) is 1. The Balaban J connectivity index is 2.00. The van der Waals surface area contributed by atoms with E-state index in [1.165, 1.54) is 6.07 Å². The van der Waals surface area contributed by atoms with Crippen molar-refractivity contribution in [1.29, 1.82) is 0 Å². The lowest BCUT2D eigenvalue weighted by Gasteiger charge is -2.13. The van der Waals surface area contributed by atoms with E-state index in [1.807, 2.05) is 25.1 Å². The summed E-state index contributed by atoms with van der Waals surface area (Å²) in [5.41, 5.74) is 1.55. The molecule has 26 heavy (non-hydrogen) atoms. The highest BCUT2D eigenvalue weighted by Crippen LogP contribution is 2.25. The number of aliphatic imine (C=N–C) groups is 1. The van der Waals surface area contributed by atoms with Crippen LogP contribution < -0.4 is 15.4 Å². The van der Waals surface area contributed by atoms with E-state index in [4.69, 9.17) is 0 Å². The van der Waals surface area contributed by atoms with Crippen LogP contribution in [0.3, 0.4) is 0 Å². The summed E-state index contributed by atoms with van der Waals surface area (Å²) in [5.74, 6) is 0.725. The summed E-state index contributed by atoms with van der Waals surface area (Å²) >= 11 is 3.34. The number of rotatable bonds is 8. The molecule has 1 aromatic carbocycles. The number of nitrogens with zero attached hydrogens (tertiary/aromatic N) is 2. The first kappa shape index (κ1) is 20.1. The Hall–Kier alpha value is -2.22. The van der Waals surface area contributed by atoms with Crippen molar-refractivity contribution in [2.75, 3.05) is 13.1 Å². The third kappa shape index (κ3) is 6.95. The van der Waals surface area contributed by atoms with Crippen LogP contribution in [0.5, 0.6) is 5.75 Å². The van der Waals surface area contributed by atoms with Crippen molar-refractivity contribution in [3.8, 4) is 5.75 Å². The molecule has 0 unspecified atom stereocenters. The van der Waals surface area contributed by atoms with Crippen LogP contribution in [0, 0.1) is 0 Å². The number of halogens is 3. The van der Waals surface area contributed by atoms with Gasteiger partial charge in [0.05, 0.1) is 6.54 Å². The molecular weight excluding hydrogens is 406 g/mol. The van der Waals surface area contributed by atoms with Crippen molar-refractivity contribution in [3.05, 3.63) is 58.3 Å². The molecule has 1 heterocycles. The first-order chi connectivity index (χ1) is 12.6. The number of benzene rings is 1. The third-order valence-corrected chi connectivity index (χ3v) is 3.88. The van der Waals surface area contributed by atoms with Gasteiger partial charge in [0.15, 0.2) is 5.96 Å². The summed E-state index contributed by atoms with van der Waals surface area (Å²) in [6.45, 7) is 0.639. The standard InChI is InChI=1S/C18H21BrF2N4O/c1-2-22-18(24-10-8-15-5-3-4-9-23-15)25-12-13-11-14(19)6-7-16(13)26-17(20)21/h3-7,9,11,17H,2,8,10,12H2,1H3,(H2,22,24,25). The maximum atomic E-state index is 12.5. The second-order valence-corrected chi connectivity index (χ2v) is 6.24. The minimum atomic E-state index is -2.87. The van der Waals surface area contributed by atoms with Gasteiger partial charge in [0.2, 0.25) is 0 Å². The maximum absolute atomic E-state index is 12.5. The SMILES string of the molecule is CCNC(=NCc1cc(Br)ccc1OC(F)F)NCCc1ccccn1. The van der Waals surface area contributed by atoms with Crippen molar-refractivity contribution in [2.24, 2.45) is 4.99 Å². The highest BCUT2D eigenvalue weighted by molar-refractivity contribution is 9.10. The Morgan fingerprint density at radius 1 is 1.27 bits per heavy atom. The predicted molar refractivity (Wildman–Crippen MR) is 102 cm³/mol. The molecule has 2 rings (SSSR count). The van der Waals surface area contributed by atoms with Crippen LogP contribution in [0.15, 0.2) is 52.1 Å². The van der Waals surface area contributed by atoms with E-state index < -0.39 is 6.61 Å². The molecule has 8 heteroatoms. The van der Waals surface area contributed by atoms with Gasteiger partial charge >= 0.3 is 6.61 Å². The molecule has 2 N–H and O–H groups in total. The van der Waals surface area contributed by atoms with Crippen LogP contribution in [0.25, 0.3) is 0 Å². The van der Waals surface area contributed by atoms with Crippen LogP contribution >= 0.6 is 15.9 Å². The number of aromatic nitrogens is 1. The zero-order valence-electron chi connectivity index (χ0n) is 14.4. The molecule has 0 amide bonds. The van der Waals surface area contributed by atoms with Gasteiger partial charge < -0.3 is 15.4 Å². The Bertz CT molecular complexity index is 714. The molecule has 1 aromatic heterocycles. The number of guanidine groups is 1. The first-order valence-corrected chi connectivity index (χ1v) is 9.03. The number of pyridine rings is 1. The number of hydrogen-bond acceptors (Lipinski definition) is 3. The maximum Gasteiger partial charge on any atom is 0.387 e. The second kappa shape index (κ2) is 10.7. The lowest BCUT2D eigenvalue weighted by Crippen LogP contribution is -2.38. The summed E-state index contributed by atoms with van der Waals surface area (Å²) in [6.07, 6.45) is 2.51. The molecule has 0 aliphatic rings. The highest BCUT2D eigenvalue weighted by atomic mass is 79.9. The molecule has 0 saturated heterocycles. The Labute approximate surface area is 160 Å². The van der Waals surface area contributed by atoms with Crippen molar-refractivity contribution in [3.63, 3.8) is 0 Å². The van der Waals surface area contributed by atoms with Gasteiger partial charge in [0, 0.05) is 41.4 Å². The predicted octanol–water partition coefficient (Wildman–Crippen LogP) is 3.74. The summed E-state index contributed by atoms with van der Waals surface area (Å²) in [7, 11) is 0. The fraction of sp³-hybridized carbons (Fsp3) is 0.333. The number of alkyl halides is 2. The lowest BCUT2D eigenvalue weighted by molar-refractivity contribution is -0.0504. The molecule has 0 atom stereocenters. The normalized spacial score (nSPS) is 11.5. The molecule has 140 valence electrons. The first-order valence-electron chi connectivity index (χ1n) is 8.23. The largest absolute Gasteiger partial charge is 0.434 e. The fourth-order valence-corrected chi connectivity index (χ4v) is 2.65. The average Bonchev–Trinajstić information content (AvgIpc) is 2.62. The number of nitrogens with one attached hydrogen (secondary N) is 2. The Kier molecular flexibility index (Phi) is 8.27. The minimum absolute atomic E-state index is 0.122. The third-order valence-electron chi connectivity index (χ3n) is 3.39. The zero-order valence-corrected chi connectivity index (χ0v) is 16.0. The molecule has 0 aliphatic heterocycles. The van der Waals surface area contributed by atoms with E-state index in [1.54, 1.807) is 18.3 Å². The van der Waals surface area contributed by atoms with Gasteiger partial charge in [-0.15, -0.1) is 0 Å². The monoisotopic (exact) mass is 426 g/mol. The molecule has 0 fully saturated rings. The summed E-state index contributed by atoms with van der Waals surface area (Å²) < 4.78 is 30.4. The van der Waals surface area contributed by atoms with Crippen molar-refractivity contribution in [2.45, 2.75) is 26.5 Å². The van der Waals surface area contributed by atoms with Crippen molar-refractivity contribution >= 4 is 21.9 Å². The van der Waals surface area contributed by atoms with Crippen LogP contribution in [0.2, 0.25) is 0 Å². The summed E-state index contributed by atoms with van der Waals surface area (Å²) in [6, 6.07) is 10.7. The summed E-state index contributed by atoms with van der Waals surface area (Å²) in [5, 5.41) is 6.34. The van der Waals surface area contributed by atoms with Gasteiger partial charge in [-0.3, -0.25) is 4.98 Å². The molecular formula is C18H21BrF2N4O. The minimum Gasteiger partial charge on any atom is -0.434 e. The molecule has 0 radical (unpaired) electrons. The topological polar surface area (TPSA) is 58.5 Å². The average molecular weight is 427 g/mol. The van der Waals surface area contributed by atoms with Crippen molar-refractivity contribution in [1.82, 2.24) is 15.6 Å². The smallest absolute Gasteiger partial charge is 0.387 e. The van der Waals surface area contributed by atoms with Gasteiger partial charge in [0.25, 0.3) is 0 Å². The quantitative estimate of drug-likeness (QED) is 0.498. The number of hydrogen-bond donors (Lipinski definition) is 2. The molecule has 0 aliphatic carbocycles.